The van der Waals surface area contributed by atoms with Gasteiger partial charge in [0.05, 0.1) is 5.41 Å². The number of nitrogens with one attached hydrogen (secondary N) is 1. The Balaban J connectivity index is 4.20. The fourth-order valence-electron chi connectivity index (χ4n) is 1.35. The molecule has 1 amide bonds. The van der Waals surface area contributed by atoms with Crippen LogP contribution in [0.25, 0.3) is 0 Å². The van der Waals surface area contributed by atoms with Crippen molar-refractivity contribution < 1.29 is 9.59 Å². The second-order valence-corrected chi connectivity index (χ2v) is 5.74. The maximum absolute atomic E-state index is 11.9. The Morgan fingerprint density at radius 3 is 2.18 bits per heavy atom. The summed E-state index contributed by atoms with van der Waals surface area (Å²) in [5, 5.41) is 2.87. The van der Waals surface area contributed by atoms with Crippen molar-refractivity contribution in [3.63, 3.8) is 0 Å². The van der Waals surface area contributed by atoms with Gasteiger partial charge in [-0.05, 0) is 14.1 Å². The Morgan fingerprint density at radius 1 is 1.24 bits per heavy atom. The highest BCUT2D eigenvalue weighted by atomic mass is 16.2. The number of carbonyl (C=O) groups excluding carboxylic acids is 2. The molecule has 4 nitrogen and oxygen atoms in total. The van der Waals surface area contributed by atoms with Crippen molar-refractivity contribution in [3.05, 3.63) is 0 Å². The number of amides is 1. The molecule has 0 aliphatic carbocycles. The first-order valence-corrected chi connectivity index (χ1v) is 6.12. The number of ketones is 1. The summed E-state index contributed by atoms with van der Waals surface area (Å²) < 4.78 is 0. The molecule has 0 aromatic heterocycles. The van der Waals surface area contributed by atoms with Crippen LogP contribution in [0.5, 0.6) is 0 Å². The molecule has 0 heterocycles. The predicted octanol–water partition coefficient (Wildman–Crippen LogP) is 1.31. The quantitative estimate of drug-likeness (QED) is 0.732. The van der Waals surface area contributed by atoms with E-state index in [0.717, 1.165) is 6.54 Å². The minimum Gasteiger partial charge on any atom is -0.354 e. The van der Waals surface area contributed by atoms with Crippen LogP contribution in [-0.2, 0) is 9.59 Å². The zero-order valence-electron chi connectivity index (χ0n) is 12.0. The molecule has 1 N–H and O–H groups in total. The van der Waals surface area contributed by atoms with Crippen molar-refractivity contribution in [2.45, 2.75) is 34.1 Å². The van der Waals surface area contributed by atoms with Gasteiger partial charge in [-0.2, -0.15) is 0 Å². The maximum atomic E-state index is 11.9. The van der Waals surface area contributed by atoms with E-state index in [1.807, 2.05) is 46.7 Å². The van der Waals surface area contributed by atoms with Gasteiger partial charge >= 0.3 is 0 Å². The number of hydrogen-bond acceptors (Lipinski definition) is 3. The highest BCUT2D eigenvalue weighted by molar-refractivity contribution is 5.89. The average molecular weight is 242 g/mol. The fourth-order valence-corrected chi connectivity index (χ4v) is 1.35. The number of hydrogen-bond donors (Lipinski definition) is 1. The van der Waals surface area contributed by atoms with Crippen LogP contribution in [-0.4, -0.2) is 43.8 Å². The minimum atomic E-state index is -0.617. The molecule has 0 aromatic rings. The van der Waals surface area contributed by atoms with E-state index >= 15 is 0 Å². The minimum absolute atomic E-state index is 0.0103. The molecule has 4 heteroatoms. The van der Waals surface area contributed by atoms with Gasteiger partial charge in [0.2, 0.25) is 5.91 Å². The number of rotatable bonds is 7. The zero-order valence-corrected chi connectivity index (χ0v) is 12.0. The SMILES string of the molecule is CC(C)C(=O)CC(C)(C)C(=O)NCCN(C)C. The number of likely N-dealkylation sites (N-methyl/N-ethyl adjacent to an activating group) is 1. The summed E-state index contributed by atoms with van der Waals surface area (Å²) >= 11 is 0. The molecule has 0 aliphatic heterocycles. The lowest BCUT2D eigenvalue weighted by Gasteiger charge is -2.24. The van der Waals surface area contributed by atoms with E-state index in [1.165, 1.54) is 0 Å². The van der Waals surface area contributed by atoms with Gasteiger partial charge in [0.15, 0.2) is 0 Å². The summed E-state index contributed by atoms with van der Waals surface area (Å²) in [6, 6.07) is 0. The van der Waals surface area contributed by atoms with Gasteiger partial charge in [0.1, 0.15) is 5.78 Å². The standard InChI is InChI=1S/C13H26N2O2/c1-10(2)11(16)9-13(3,4)12(17)14-7-8-15(5)6/h10H,7-9H2,1-6H3,(H,14,17). The molecule has 0 saturated carbocycles. The number of Topliss-reactive ketones (excluding diaryl/α,β-unsaturated/α-hetero) is 1. The van der Waals surface area contributed by atoms with Crippen LogP contribution in [0.1, 0.15) is 34.1 Å². The van der Waals surface area contributed by atoms with Crippen molar-refractivity contribution >= 4 is 11.7 Å². The third-order valence-corrected chi connectivity index (χ3v) is 2.72. The summed E-state index contributed by atoms with van der Waals surface area (Å²) in [6.45, 7) is 8.78. The Morgan fingerprint density at radius 2 is 1.76 bits per heavy atom. The predicted molar refractivity (Wildman–Crippen MR) is 69.8 cm³/mol. The third kappa shape index (κ3) is 6.41. The first-order valence-electron chi connectivity index (χ1n) is 6.12. The van der Waals surface area contributed by atoms with E-state index in [0.29, 0.717) is 13.0 Å². The highest BCUT2D eigenvalue weighted by Crippen LogP contribution is 2.22. The second kappa shape index (κ2) is 6.74. The Hall–Kier alpha value is -0.900. The maximum Gasteiger partial charge on any atom is 0.226 e. The van der Waals surface area contributed by atoms with Crippen LogP contribution in [0.15, 0.2) is 0 Å². The zero-order chi connectivity index (χ0) is 13.6. The van der Waals surface area contributed by atoms with Crippen molar-refractivity contribution in [2.75, 3.05) is 27.2 Å². The molecular formula is C13H26N2O2. The lowest BCUT2D eigenvalue weighted by atomic mass is 9.83. The van der Waals surface area contributed by atoms with E-state index in [2.05, 4.69) is 5.32 Å². The molecular weight excluding hydrogens is 216 g/mol. The van der Waals surface area contributed by atoms with Crippen LogP contribution in [0, 0.1) is 11.3 Å². The molecule has 0 saturated heterocycles. The van der Waals surface area contributed by atoms with Gasteiger partial charge < -0.3 is 10.2 Å². The third-order valence-electron chi connectivity index (χ3n) is 2.72. The Kier molecular flexibility index (Phi) is 6.39. The van der Waals surface area contributed by atoms with Crippen LogP contribution in [0.2, 0.25) is 0 Å². The number of nitrogens with zero attached hydrogens (tertiary/aromatic N) is 1. The van der Waals surface area contributed by atoms with E-state index in [9.17, 15) is 9.59 Å². The van der Waals surface area contributed by atoms with Crippen LogP contribution >= 0.6 is 0 Å². The lowest BCUT2D eigenvalue weighted by molar-refractivity contribution is -0.135. The van der Waals surface area contributed by atoms with E-state index in [4.69, 9.17) is 0 Å². The van der Waals surface area contributed by atoms with Gasteiger partial charge in [0.25, 0.3) is 0 Å². The Bertz CT molecular complexity index is 271. The van der Waals surface area contributed by atoms with Gasteiger partial charge in [-0.25, -0.2) is 0 Å². The normalized spacial score (nSPS) is 12.0. The van der Waals surface area contributed by atoms with E-state index in [1.54, 1.807) is 0 Å². The van der Waals surface area contributed by atoms with Crippen molar-refractivity contribution in [2.24, 2.45) is 11.3 Å². The lowest BCUT2D eigenvalue weighted by Crippen LogP contribution is -2.41. The molecule has 100 valence electrons. The summed E-state index contributed by atoms with van der Waals surface area (Å²) in [5.74, 6) is 0.0787. The first-order chi connectivity index (χ1) is 7.66. The summed E-state index contributed by atoms with van der Waals surface area (Å²) in [6.07, 6.45) is 0.304. The van der Waals surface area contributed by atoms with Crippen LogP contribution in [0.4, 0.5) is 0 Å². The van der Waals surface area contributed by atoms with E-state index in [-0.39, 0.29) is 17.6 Å². The number of carbonyl (C=O) groups is 2. The van der Waals surface area contributed by atoms with Crippen molar-refractivity contribution in [1.82, 2.24) is 10.2 Å². The first kappa shape index (κ1) is 16.1. The van der Waals surface area contributed by atoms with Gasteiger partial charge in [-0.1, -0.05) is 27.7 Å². The molecule has 17 heavy (non-hydrogen) atoms. The second-order valence-electron chi connectivity index (χ2n) is 5.74. The smallest absolute Gasteiger partial charge is 0.226 e. The molecule has 0 radical (unpaired) electrons. The monoisotopic (exact) mass is 242 g/mol. The van der Waals surface area contributed by atoms with Crippen LogP contribution < -0.4 is 5.32 Å². The van der Waals surface area contributed by atoms with Gasteiger partial charge in [-0.15, -0.1) is 0 Å². The molecule has 0 unspecified atom stereocenters. The molecule has 0 bridgehead atoms. The van der Waals surface area contributed by atoms with E-state index < -0.39 is 5.41 Å². The van der Waals surface area contributed by atoms with Gasteiger partial charge in [-0.3, -0.25) is 9.59 Å². The highest BCUT2D eigenvalue weighted by Gasteiger charge is 2.30. The summed E-state index contributed by atoms with van der Waals surface area (Å²) in [5.41, 5.74) is -0.617. The topological polar surface area (TPSA) is 49.4 Å². The average Bonchev–Trinajstić information content (AvgIpc) is 2.15. The molecule has 0 spiro atoms. The molecule has 0 rings (SSSR count). The molecule has 0 aromatic carbocycles. The van der Waals surface area contributed by atoms with Crippen LogP contribution in [0.3, 0.4) is 0 Å². The molecule has 0 aliphatic rings. The molecule has 0 fully saturated rings. The summed E-state index contributed by atoms with van der Waals surface area (Å²) in [7, 11) is 3.92. The largest absolute Gasteiger partial charge is 0.354 e. The summed E-state index contributed by atoms with van der Waals surface area (Å²) in [4.78, 5) is 25.6. The van der Waals surface area contributed by atoms with Crippen molar-refractivity contribution in [1.29, 1.82) is 0 Å². The van der Waals surface area contributed by atoms with Gasteiger partial charge in [0, 0.05) is 25.4 Å². The molecule has 0 atom stereocenters. The Labute approximate surface area is 105 Å². The fraction of sp³-hybridized carbons (Fsp3) is 0.846. The van der Waals surface area contributed by atoms with Crippen molar-refractivity contribution in [3.8, 4) is 0 Å².